The van der Waals surface area contributed by atoms with Crippen LogP contribution in [0.15, 0.2) is 42.5 Å². The molecule has 2 aromatic carbocycles. The molecule has 2 aromatic rings. The molecule has 0 atom stereocenters. The van der Waals surface area contributed by atoms with E-state index < -0.39 is 0 Å². The van der Waals surface area contributed by atoms with E-state index in [9.17, 15) is 0 Å². The molecule has 0 aliphatic carbocycles. The number of ether oxygens (including phenoxy) is 2. The average molecular weight is 211 g/mol. The number of methoxy groups -OCH3 is 1. The van der Waals surface area contributed by atoms with Crippen LogP contribution in [-0.4, -0.2) is 7.11 Å². The van der Waals surface area contributed by atoms with Gasteiger partial charge in [0.15, 0.2) is 0 Å². The topological polar surface area (TPSA) is 18.5 Å². The molecule has 0 saturated heterocycles. The van der Waals surface area contributed by atoms with E-state index in [1.165, 1.54) is 0 Å². The highest BCUT2D eigenvalue weighted by molar-refractivity contribution is 5.58. The molecule has 0 amide bonds. The maximum Gasteiger partial charge on any atom is 0.131 e. The highest BCUT2D eigenvalue weighted by Gasteiger charge is 2.16. The van der Waals surface area contributed by atoms with E-state index in [2.05, 4.69) is 6.42 Å². The molecule has 0 bridgehead atoms. The van der Waals surface area contributed by atoms with Crippen molar-refractivity contribution < 1.29 is 9.47 Å². The molecule has 3 rings (SSSR count). The Labute approximate surface area is 94.4 Å². The van der Waals surface area contributed by atoms with E-state index in [0.717, 1.165) is 28.4 Å². The first kappa shape index (κ1) is 9.28. The van der Waals surface area contributed by atoms with Gasteiger partial charge in [-0.05, 0) is 24.3 Å². The highest BCUT2D eigenvalue weighted by atomic mass is 16.5. The van der Waals surface area contributed by atoms with Crippen LogP contribution in [0.25, 0.3) is 0 Å². The summed E-state index contributed by atoms with van der Waals surface area (Å²) in [5.41, 5.74) is 2.15. The van der Waals surface area contributed by atoms with Crippen molar-refractivity contribution in [2.75, 3.05) is 7.11 Å². The van der Waals surface area contributed by atoms with Crippen LogP contribution in [0.1, 0.15) is 11.1 Å². The second-order valence-corrected chi connectivity index (χ2v) is 3.69. The van der Waals surface area contributed by atoms with E-state index >= 15 is 0 Å². The second kappa shape index (κ2) is 3.56. The van der Waals surface area contributed by atoms with Crippen molar-refractivity contribution in [2.24, 2.45) is 0 Å². The number of fused-ring (bicyclic) bond motifs is 2. The normalized spacial score (nSPS) is 12.3. The second-order valence-electron chi connectivity index (χ2n) is 3.69. The Morgan fingerprint density at radius 2 is 1.75 bits per heavy atom. The monoisotopic (exact) mass is 211 g/mol. The summed E-state index contributed by atoms with van der Waals surface area (Å²) >= 11 is 0. The Balaban J connectivity index is 2.05. The summed E-state index contributed by atoms with van der Waals surface area (Å²) in [5, 5.41) is 0. The lowest BCUT2D eigenvalue weighted by atomic mass is 10.0. The molecule has 0 aromatic heterocycles. The minimum atomic E-state index is 0.845. The first-order valence-electron chi connectivity index (χ1n) is 5.16. The first-order chi connectivity index (χ1) is 7.86. The summed E-state index contributed by atoms with van der Waals surface area (Å²) in [6, 6.07) is 13.8. The zero-order valence-corrected chi connectivity index (χ0v) is 8.94. The van der Waals surface area contributed by atoms with Crippen molar-refractivity contribution in [3.05, 3.63) is 60.0 Å². The first-order valence-corrected chi connectivity index (χ1v) is 5.16. The molecule has 1 heterocycles. The Morgan fingerprint density at radius 1 is 0.938 bits per heavy atom. The van der Waals surface area contributed by atoms with Gasteiger partial charge in [0.25, 0.3) is 0 Å². The third kappa shape index (κ3) is 1.43. The van der Waals surface area contributed by atoms with Crippen molar-refractivity contribution in [1.82, 2.24) is 0 Å². The smallest absolute Gasteiger partial charge is 0.131 e. The van der Waals surface area contributed by atoms with Gasteiger partial charge in [0.1, 0.15) is 17.2 Å². The van der Waals surface area contributed by atoms with Gasteiger partial charge in [-0.25, -0.2) is 0 Å². The minimum absolute atomic E-state index is 0.845. The lowest BCUT2D eigenvalue weighted by Gasteiger charge is -2.20. The number of para-hydroxylation sites is 1. The van der Waals surface area contributed by atoms with Gasteiger partial charge in [-0.2, -0.15) is 0 Å². The molecule has 0 saturated carbocycles. The molecular weight excluding hydrogens is 200 g/mol. The summed E-state index contributed by atoms with van der Waals surface area (Å²) in [7, 11) is 1.67. The Hall–Kier alpha value is -1.96. The Kier molecular flexibility index (Phi) is 2.07. The molecule has 2 heteroatoms. The van der Waals surface area contributed by atoms with Gasteiger partial charge in [0.05, 0.1) is 7.11 Å². The van der Waals surface area contributed by atoms with Crippen LogP contribution in [0.2, 0.25) is 0 Å². The minimum Gasteiger partial charge on any atom is -0.497 e. The van der Waals surface area contributed by atoms with Crippen LogP contribution in [0.4, 0.5) is 0 Å². The van der Waals surface area contributed by atoms with E-state index in [-0.39, 0.29) is 0 Å². The van der Waals surface area contributed by atoms with Crippen LogP contribution in [0.3, 0.4) is 0 Å². The molecule has 16 heavy (non-hydrogen) atoms. The molecule has 0 fully saturated rings. The molecule has 1 aliphatic heterocycles. The van der Waals surface area contributed by atoms with Crippen LogP contribution in [0, 0.1) is 6.42 Å². The van der Waals surface area contributed by atoms with Gasteiger partial charge in [-0.1, -0.05) is 18.2 Å². The predicted octanol–water partition coefficient (Wildman–Crippen LogP) is 3.40. The number of benzene rings is 2. The lowest BCUT2D eigenvalue weighted by Crippen LogP contribution is -2.01. The molecule has 79 valence electrons. The van der Waals surface area contributed by atoms with Gasteiger partial charge in [0, 0.05) is 17.5 Å². The molecule has 0 unspecified atom stereocenters. The molecule has 2 nitrogen and oxygen atoms in total. The van der Waals surface area contributed by atoms with E-state index in [1.807, 2.05) is 42.5 Å². The zero-order valence-electron chi connectivity index (χ0n) is 8.94. The van der Waals surface area contributed by atoms with Crippen LogP contribution < -0.4 is 9.47 Å². The van der Waals surface area contributed by atoms with Gasteiger partial charge >= 0.3 is 0 Å². The Morgan fingerprint density at radius 3 is 2.62 bits per heavy atom. The van der Waals surface area contributed by atoms with Crippen LogP contribution >= 0.6 is 0 Å². The van der Waals surface area contributed by atoms with Crippen molar-refractivity contribution in [3.63, 3.8) is 0 Å². The Bertz CT molecular complexity index is 532. The van der Waals surface area contributed by atoms with Gasteiger partial charge < -0.3 is 9.47 Å². The van der Waals surface area contributed by atoms with Crippen molar-refractivity contribution in [1.29, 1.82) is 0 Å². The maximum atomic E-state index is 5.79. The van der Waals surface area contributed by atoms with Crippen molar-refractivity contribution >= 4 is 0 Å². The number of hydrogen-bond donors (Lipinski definition) is 0. The molecule has 0 N–H and O–H groups in total. The van der Waals surface area contributed by atoms with Crippen molar-refractivity contribution in [2.45, 2.75) is 0 Å². The van der Waals surface area contributed by atoms with Crippen LogP contribution in [0.5, 0.6) is 17.2 Å². The highest BCUT2D eigenvalue weighted by Crippen LogP contribution is 2.38. The fourth-order valence-electron chi connectivity index (χ4n) is 1.84. The predicted molar refractivity (Wildman–Crippen MR) is 62.0 cm³/mol. The number of rotatable bonds is 1. The molecular formula is C14H11O2. The SMILES string of the molecule is COc1ccc2c(c1)[CH]c1ccccc1O2. The summed E-state index contributed by atoms with van der Waals surface area (Å²) in [5.74, 6) is 2.62. The summed E-state index contributed by atoms with van der Waals surface area (Å²) in [4.78, 5) is 0. The summed E-state index contributed by atoms with van der Waals surface area (Å²) < 4.78 is 11.0. The van der Waals surface area contributed by atoms with Crippen LogP contribution in [-0.2, 0) is 0 Å². The zero-order chi connectivity index (χ0) is 11.0. The summed E-state index contributed by atoms with van der Waals surface area (Å²) in [6.07, 6.45) is 2.11. The van der Waals surface area contributed by atoms with Crippen molar-refractivity contribution in [3.8, 4) is 17.2 Å². The van der Waals surface area contributed by atoms with E-state index in [4.69, 9.17) is 9.47 Å². The molecule has 0 spiro atoms. The fourth-order valence-corrected chi connectivity index (χ4v) is 1.84. The van der Waals surface area contributed by atoms with E-state index in [0.29, 0.717) is 0 Å². The van der Waals surface area contributed by atoms with Gasteiger partial charge in [-0.3, -0.25) is 0 Å². The van der Waals surface area contributed by atoms with Gasteiger partial charge in [-0.15, -0.1) is 0 Å². The lowest BCUT2D eigenvalue weighted by molar-refractivity contribution is 0.411. The molecule has 1 aliphatic rings. The summed E-state index contributed by atoms with van der Waals surface area (Å²) in [6.45, 7) is 0. The van der Waals surface area contributed by atoms with E-state index in [1.54, 1.807) is 7.11 Å². The third-order valence-electron chi connectivity index (χ3n) is 2.67. The maximum absolute atomic E-state index is 5.79. The van der Waals surface area contributed by atoms with Gasteiger partial charge in [0.2, 0.25) is 0 Å². The third-order valence-corrected chi connectivity index (χ3v) is 2.67. The fraction of sp³-hybridized carbons (Fsp3) is 0.0714. The number of hydrogen-bond acceptors (Lipinski definition) is 2. The standard InChI is InChI=1S/C14H11O2/c1-15-12-6-7-14-11(9-12)8-10-4-2-3-5-13(10)16-14/h2-9H,1H3. The largest absolute Gasteiger partial charge is 0.497 e. The average Bonchev–Trinajstić information content (AvgIpc) is 2.35. The molecule has 1 radical (unpaired) electrons. The quantitative estimate of drug-likeness (QED) is 0.614.